The van der Waals surface area contributed by atoms with Crippen molar-refractivity contribution in [2.24, 2.45) is 0 Å². The number of benzene rings is 1. The molecule has 1 unspecified atom stereocenters. The summed E-state index contributed by atoms with van der Waals surface area (Å²) in [7, 11) is 3.28. The molecule has 1 aliphatic rings. The molecule has 4 nitrogen and oxygen atoms in total. The number of hydrogen-bond donors (Lipinski definition) is 1. The summed E-state index contributed by atoms with van der Waals surface area (Å²) in [6.07, 6.45) is 3.18. The van der Waals surface area contributed by atoms with Crippen molar-refractivity contribution in [2.75, 3.05) is 14.2 Å². The fourth-order valence-electron chi connectivity index (χ4n) is 2.75. The van der Waals surface area contributed by atoms with Gasteiger partial charge in [0.15, 0.2) is 11.5 Å². The molecule has 1 N–H and O–H groups in total. The van der Waals surface area contributed by atoms with Gasteiger partial charge in [-0.2, -0.15) is 0 Å². The topological polar surface area (TPSA) is 47.6 Å². The molecule has 1 amide bonds. The van der Waals surface area contributed by atoms with Crippen LogP contribution in [0.1, 0.15) is 31.7 Å². The Kier molecular flexibility index (Phi) is 3.98. The van der Waals surface area contributed by atoms with Gasteiger partial charge in [0, 0.05) is 17.5 Å². The number of amides is 1. The number of carbonyl (C=O) groups is 1. The zero-order valence-electron chi connectivity index (χ0n) is 11.8. The minimum Gasteiger partial charge on any atom is -0.493 e. The molecular weight excluding hydrogens is 242 g/mol. The van der Waals surface area contributed by atoms with Crippen molar-refractivity contribution in [3.8, 4) is 11.5 Å². The summed E-state index contributed by atoms with van der Waals surface area (Å²) in [4.78, 5) is 11.5. The summed E-state index contributed by atoms with van der Waals surface area (Å²) < 4.78 is 10.8. The summed E-state index contributed by atoms with van der Waals surface area (Å²) in [6.45, 7) is 2.11. The predicted octanol–water partition coefficient (Wildman–Crippen LogP) is 2.31. The molecule has 0 spiro atoms. The van der Waals surface area contributed by atoms with Crippen molar-refractivity contribution in [1.82, 2.24) is 5.32 Å². The maximum Gasteiger partial charge on any atom is 0.220 e. The van der Waals surface area contributed by atoms with Gasteiger partial charge in [-0.15, -0.1) is 0 Å². The van der Waals surface area contributed by atoms with Crippen molar-refractivity contribution in [1.29, 1.82) is 0 Å². The number of carbonyl (C=O) groups excluding carboxylic acids is 1. The van der Waals surface area contributed by atoms with Gasteiger partial charge in [-0.1, -0.05) is 19.1 Å². The Morgan fingerprint density at radius 1 is 1.32 bits per heavy atom. The minimum atomic E-state index is -0.142. The number of nitrogens with one attached hydrogen (secondary N) is 1. The average molecular weight is 263 g/mol. The Labute approximate surface area is 114 Å². The zero-order valence-corrected chi connectivity index (χ0v) is 11.8. The van der Waals surface area contributed by atoms with Crippen molar-refractivity contribution >= 4 is 5.91 Å². The third-order valence-corrected chi connectivity index (χ3v) is 3.93. The number of methoxy groups -OCH3 is 2. The van der Waals surface area contributed by atoms with Gasteiger partial charge in [-0.3, -0.25) is 4.79 Å². The molecule has 1 atom stereocenters. The molecule has 2 rings (SSSR count). The number of rotatable bonds is 5. The van der Waals surface area contributed by atoms with E-state index in [0.717, 1.165) is 36.3 Å². The molecule has 0 aromatic heterocycles. The highest BCUT2D eigenvalue weighted by Crippen LogP contribution is 2.36. The fraction of sp³-hybridized carbons (Fsp3) is 0.533. The van der Waals surface area contributed by atoms with Crippen LogP contribution in [-0.2, 0) is 11.2 Å². The second-order valence-electron chi connectivity index (χ2n) is 5.01. The minimum absolute atomic E-state index is 0.142. The Morgan fingerprint density at radius 3 is 2.63 bits per heavy atom. The SMILES string of the molecule is CCC1(Cc2cccc(OC)c2OC)CCC(=O)N1. The van der Waals surface area contributed by atoms with Gasteiger partial charge in [0.05, 0.1) is 14.2 Å². The zero-order chi connectivity index (χ0) is 13.9. The van der Waals surface area contributed by atoms with Crippen LogP contribution in [0.5, 0.6) is 11.5 Å². The smallest absolute Gasteiger partial charge is 0.220 e. The monoisotopic (exact) mass is 263 g/mol. The normalized spacial score (nSPS) is 22.2. The van der Waals surface area contributed by atoms with Crippen LogP contribution in [0, 0.1) is 0 Å². The summed E-state index contributed by atoms with van der Waals surface area (Å²) in [5.74, 6) is 1.64. The molecule has 1 aliphatic heterocycles. The Balaban J connectivity index is 2.30. The number of ether oxygens (including phenoxy) is 2. The molecule has 0 radical (unpaired) electrons. The van der Waals surface area contributed by atoms with E-state index in [4.69, 9.17) is 9.47 Å². The van der Waals surface area contributed by atoms with Crippen LogP contribution in [-0.4, -0.2) is 25.7 Å². The quantitative estimate of drug-likeness (QED) is 0.886. The average Bonchev–Trinajstić information content (AvgIpc) is 2.80. The van der Waals surface area contributed by atoms with E-state index >= 15 is 0 Å². The van der Waals surface area contributed by atoms with Gasteiger partial charge in [-0.05, 0) is 25.3 Å². The lowest BCUT2D eigenvalue weighted by molar-refractivity contribution is -0.119. The molecule has 1 fully saturated rings. The molecular formula is C15H21NO3. The van der Waals surface area contributed by atoms with Crippen molar-refractivity contribution < 1.29 is 14.3 Å². The summed E-state index contributed by atoms with van der Waals surface area (Å²) >= 11 is 0. The second-order valence-corrected chi connectivity index (χ2v) is 5.01. The van der Waals surface area contributed by atoms with Crippen molar-refractivity contribution in [3.63, 3.8) is 0 Å². The molecule has 1 saturated heterocycles. The fourth-order valence-corrected chi connectivity index (χ4v) is 2.75. The molecule has 0 bridgehead atoms. The van der Waals surface area contributed by atoms with Crippen LogP contribution in [0.25, 0.3) is 0 Å². The Morgan fingerprint density at radius 2 is 2.11 bits per heavy atom. The van der Waals surface area contributed by atoms with Crippen molar-refractivity contribution in [3.05, 3.63) is 23.8 Å². The highest BCUT2D eigenvalue weighted by molar-refractivity contribution is 5.79. The van der Waals surface area contributed by atoms with E-state index in [1.54, 1.807) is 14.2 Å². The molecule has 0 aliphatic carbocycles. The second kappa shape index (κ2) is 5.51. The van der Waals surface area contributed by atoms with E-state index in [9.17, 15) is 4.79 Å². The summed E-state index contributed by atoms with van der Waals surface area (Å²) in [6, 6.07) is 5.87. The molecule has 0 saturated carbocycles. The number of hydrogen-bond acceptors (Lipinski definition) is 3. The van der Waals surface area contributed by atoms with E-state index < -0.39 is 0 Å². The first kappa shape index (κ1) is 13.7. The third-order valence-electron chi connectivity index (χ3n) is 3.93. The summed E-state index contributed by atoms with van der Waals surface area (Å²) in [5, 5.41) is 3.12. The largest absolute Gasteiger partial charge is 0.493 e. The van der Waals surface area contributed by atoms with E-state index in [2.05, 4.69) is 12.2 Å². The standard InChI is InChI=1S/C15H21NO3/c1-4-15(9-8-13(17)16-15)10-11-6-5-7-12(18-2)14(11)19-3/h5-7H,4,8-10H2,1-3H3,(H,16,17). The molecule has 1 aromatic rings. The maximum absolute atomic E-state index is 11.5. The van der Waals surface area contributed by atoms with Crippen LogP contribution in [0.4, 0.5) is 0 Å². The van der Waals surface area contributed by atoms with Gasteiger partial charge in [0.2, 0.25) is 5.91 Å². The third kappa shape index (κ3) is 2.67. The lowest BCUT2D eigenvalue weighted by Gasteiger charge is -2.28. The van der Waals surface area contributed by atoms with Gasteiger partial charge < -0.3 is 14.8 Å². The first-order valence-corrected chi connectivity index (χ1v) is 6.65. The van der Waals surface area contributed by atoms with Gasteiger partial charge in [-0.25, -0.2) is 0 Å². The molecule has 4 heteroatoms. The Hall–Kier alpha value is -1.71. The lowest BCUT2D eigenvalue weighted by Crippen LogP contribution is -2.43. The highest BCUT2D eigenvalue weighted by Gasteiger charge is 2.36. The van der Waals surface area contributed by atoms with Crippen LogP contribution in [0.2, 0.25) is 0 Å². The first-order valence-electron chi connectivity index (χ1n) is 6.65. The molecule has 104 valence electrons. The van der Waals surface area contributed by atoms with Crippen LogP contribution < -0.4 is 14.8 Å². The first-order chi connectivity index (χ1) is 9.14. The van der Waals surface area contributed by atoms with Gasteiger partial charge in [0.1, 0.15) is 0 Å². The van der Waals surface area contributed by atoms with Crippen LogP contribution in [0.15, 0.2) is 18.2 Å². The Bertz CT molecular complexity index is 472. The molecule has 1 aromatic carbocycles. The van der Waals surface area contributed by atoms with Crippen molar-refractivity contribution in [2.45, 2.75) is 38.1 Å². The van der Waals surface area contributed by atoms with E-state index in [1.807, 2.05) is 18.2 Å². The highest BCUT2D eigenvalue weighted by atomic mass is 16.5. The lowest BCUT2D eigenvalue weighted by atomic mass is 9.86. The van der Waals surface area contributed by atoms with Crippen LogP contribution >= 0.6 is 0 Å². The molecule has 1 heterocycles. The summed E-state index contributed by atoms with van der Waals surface area (Å²) in [5.41, 5.74) is 0.933. The van der Waals surface area contributed by atoms with E-state index in [1.165, 1.54) is 0 Å². The molecule has 19 heavy (non-hydrogen) atoms. The van der Waals surface area contributed by atoms with E-state index in [0.29, 0.717) is 6.42 Å². The van der Waals surface area contributed by atoms with Crippen LogP contribution in [0.3, 0.4) is 0 Å². The number of para-hydroxylation sites is 1. The van der Waals surface area contributed by atoms with Gasteiger partial charge >= 0.3 is 0 Å². The van der Waals surface area contributed by atoms with Gasteiger partial charge in [0.25, 0.3) is 0 Å². The van der Waals surface area contributed by atoms with E-state index in [-0.39, 0.29) is 11.4 Å². The predicted molar refractivity (Wildman–Crippen MR) is 73.6 cm³/mol. The maximum atomic E-state index is 11.5.